The third kappa shape index (κ3) is 5.28. The fourth-order valence-corrected chi connectivity index (χ4v) is 4.94. The second-order valence-corrected chi connectivity index (χ2v) is 9.41. The van der Waals surface area contributed by atoms with E-state index < -0.39 is 24.4 Å². The van der Waals surface area contributed by atoms with E-state index in [-0.39, 0.29) is 18.9 Å². The summed E-state index contributed by atoms with van der Waals surface area (Å²) < 4.78 is 7.55. The Morgan fingerprint density at radius 3 is 2.63 bits per heavy atom. The highest BCUT2D eigenvalue weighted by Crippen LogP contribution is 2.30. The Kier molecular flexibility index (Phi) is 6.92. The molecule has 2 aliphatic rings. The highest BCUT2D eigenvalue weighted by Gasteiger charge is 2.44. The third-order valence-electron chi connectivity index (χ3n) is 6.71. The average molecular weight is 478 g/mol. The molecule has 35 heavy (non-hydrogen) atoms. The van der Waals surface area contributed by atoms with E-state index in [4.69, 9.17) is 4.74 Å². The molecule has 4 atom stereocenters. The number of aromatic nitrogens is 3. The lowest BCUT2D eigenvalue weighted by atomic mass is 10.0. The summed E-state index contributed by atoms with van der Waals surface area (Å²) >= 11 is 0. The van der Waals surface area contributed by atoms with Gasteiger partial charge in [-0.3, -0.25) is 9.69 Å². The van der Waals surface area contributed by atoms with Gasteiger partial charge in [-0.05, 0) is 30.7 Å². The quantitative estimate of drug-likeness (QED) is 0.505. The van der Waals surface area contributed by atoms with E-state index in [9.17, 15) is 15.0 Å². The fraction of sp³-hybridized carbons (Fsp3) is 0.423. The molecule has 1 fully saturated rings. The van der Waals surface area contributed by atoms with Crippen LogP contribution in [0.3, 0.4) is 0 Å². The summed E-state index contributed by atoms with van der Waals surface area (Å²) in [4.78, 5) is 16.8. The molecule has 3 aromatic rings. The molecule has 2 N–H and O–H groups in total. The van der Waals surface area contributed by atoms with Crippen molar-refractivity contribution in [3.05, 3.63) is 77.6 Å². The first-order valence-electron chi connectivity index (χ1n) is 12.0. The van der Waals surface area contributed by atoms with Gasteiger partial charge >= 0.3 is 0 Å². The van der Waals surface area contributed by atoms with Crippen molar-refractivity contribution < 1.29 is 19.7 Å². The lowest BCUT2D eigenvalue weighted by molar-refractivity contribution is -0.122. The first-order valence-corrected chi connectivity index (χ1v) is 12.0. The van der Waals surface area contributed by atoms with Crippen LogP contribution < -0.4 is 4.90 Å². The van der Waals surface area contributed by atoms with Gasteiger partial charge in [0.25, 0.3) is 0 Å². The molecule has 0 radical (unpaired) electrons. The summed E-state index contributed by atoms with van der Waals surface area (Å²) in [5, 5.41) is 29.5. The van der Waals surface area contributed by atoms with Crippen LogP contribution in [-0.4, -0.2) is 74.0 Å². The molecule has 0 bridgehead atoms. The third-order valence-corrected chi connectivity index (χ3v) is 6.71. The Hall–Kier alpha value is -3.11. The van der Waals surface area contributed by atoms with Crippen molar-refractivity contribution in [1.82, 2.24) is 19.9 Å². The topological polar surface area (TPSA) is 104 Å². The summed E-state index contributed by atoms with van der Waals surface area (Å²) in [7, 11) is 2.02. The van der Waals surface area contributed by atoms with Gasteiger partial charge in [0.1, 0.15) is 18.3 Å². The molecule has 9 nitrogen and oxygen atoms in total. The number of carbonyl (C=O) groups is 1. The van der Waals surface area contributed by atoms with Crippen LogP contribution >= 0.6 is 0 Å². The number of nitrogens with zero attached hydrogens (tertiary/aromatic N) is 5. The summed E-state index contributed by atoms with van der Waals surface area (Å²) in [5.41, 5.74) is 4.07. The molecule has 0 spiro atoms. The molecular formula is C26H31N5O4. The number of hydrogen-bond donors (Lipinski definition) is 2. The molecule has 184 valence electrons. The van der Waals surface area contributed by atoms with Gasteiger partial charge in [0.2, 0.25) is 5.91 Å². The summed E-state index contributed by atoms with van der Waals surface area (Å²) in [5.74, 6) is -0.114. The van der Waals surface area contributed by atoms with Gasteiger partial charge in [0.05, 0.1) is 24.8 Å². The number of aliphatic hydroxyl groups is 2. The number of carbonyl (C=O) groups excluding carboxylic acids is 1. The van der Waals surface area contributed by atoms with E-state index in [1.165, 1.54) is 5.56 Å². The molecule has 1 aromatic heterocycles. The zero-order valence-corrected chi connectivity index (χ0v) is 19.8. The number of fused-ring (bicyclic) bond motifs is 1. The number of aliphatic hydroxyl groups excluding tert-OH is 2. The number of benzene rings is 2. The van der Waals surface area contributed by atoms with Gasteiger partial charge in [-0.25, -0.2) is 4.68 Å². The van der Waals surface area contributed by atoms with Gasteiger partial charge < -0.3 is 19.8 Å². The Morgan fingerprint density at radius 1 is 1.06 bits per heavy atom. The van der Waals surface area contributed by atoms with E-state index in [0.29, 0.717) is 13.1 Å². The van der Waals surface area contributed by atoms with Crippen LogP contribution in [0.5, 0.6) is 0 Å². The van der Waals surface area contributed by atoms with E-state index in [1.807, 2.05) is 55.7 Å². The lowest BCUT2D eigenvalue weighted by Crippen LogP contribution is -2.37. The Bertz CT molecular complexity index is 1150. The maximum Gasteiger partial charge on any atom is 0.229 e. The number of rotatable bonds is 8. The van der Waals surface area contributed by atoms with Crippen LogP contribution in [0.1, 0.15) is 23.2 Å². The number of para-hydroxylation sites is 1. The average Bonchev–Trinajstić information content (AvgIpc) is 3.55. The van der Waals surface area contributed by atoms with Crippen LogP contribution in [-0.2, 0) is 35.6 Å². The van der Waals surface area contributed by atoms with Crippen LogP contribution in [0, 0.1) is 0 Å². The van der Waals surface area contributed by atoms with Crippen molar-refractivity contribution in [2.24, 2.45) is 0 Å². The highest BCUT2D eigenvalue weighted by atomic mass is 16.5. The zero-order valence-electron chi connectivity index (χ0n) is 19.8. The van der Waals surface area contributed by atoms with Gasteiger partial charge in [-0.1, -0.05) is 53.7 Å². The molecule has 0 unspecified atom stereocenters. The molecule has 0 aliphatic carbocycles. The predicted octanol–water partition coefficient (Wildman–Crippen LogP) is 1.38. The smallest absolute Gasteiger partial charge is 0.229 e. The monoisotopic (exact) mass is 477 g/mol. The summed E-state index contributed by atoms with van der Waals surface area (Å²) in [6.45, 7) is 2.28. The maximum atomic E-state index is 12.9. The SMILES string of the molecule is CN(Cc1ccccc1)Cc1cn(C[C@@H]2O[C@@H](CC(=O)N3CCc4ccccc43)[C@H](O)[C@@H]2O)nn1. The number of anilines is 1. The molecular weight excluding hydrogens is 446 g/mol. The Labute approximate surface area is 204 Å². The summed E-state index contributed by atoms with van der Waals surface area (Å²) in [6.07, 6.45) is -1.04. The second-order valence-electron chi connectivity index (χ2n) is 9.41. The minimum atomic E-state index is -1.14. The molecule has 3 heterocycles. The maximum absolute atomic E-state index is 12.9. The van der Waals surface area contributed by atoms with Crippen molar-refractivity contribution >= 4 is 11.6 Å². The molecule has 9 heteroatoms. The van der Waals surface area contributed by atoms with Gasteiger partial charge in [0.15, 0.2) is 0 Å². The van der Waals surface area contributed by atoms with Crippen LogP contribution in [0.15, 0.2) is 60.8 Å². The number of hydrogen-bond acceptors (Lipinski definition) is 7. The van der Waals surface area contributed by atoms with Crippen LogP contribution in [0.25, 0.3) is 0 Å². The normalized spacial score (nSPS) is 23.7. The van der Waals surface area contributed by atoms with E-state index in [2.05, 4.69) is 27.3 Å². The first kappa shape index (κ1) is 23.6. The predicted molar refractivity (Wildman–Crippen MR) is 129 cm³/mol. The minimum absolute atomic E-state index is 0.00987. The number of amides is 1. The highest BCUT2D eigenvalue weighted by molar-refractivity contribution is 5.95. The van der Waals surface area contributed by atoms with Gasteiger partial charge in [-0.15, -0.1) is 5.10 Å². The van der Waals surface area contributed by atoms with Crippen LogP contribution in [0.2, 0.25) is 0 Å². The van der Waals surface area contributed by atoms with E-state index in [1.54, 1.807) is 9.58 Å². The van der Waals surface area contributed by atoms with Crippen molar-refractivity contribution in [3.63, 3.8) is 0 Å². The largest absolute Gasteiger partial charge is 0.388 e. The van der Waals surface area contributed by atoms with Crippen LogP contribution in [0.4, 0.5) is 5.69 Å². The zero-order chi connectivity index (χ0) is 24.4. The van der Waals surface area contributed by atoms with Gasteiger partial charge in [-0.2, -0.15) is 0 Å². The standard InChI is InChI=1S/C26H31N5O4/c1-29(14-18-7-3-2-4-8-18)15-20-16-30(28-27-20)17-23-26(34)25(33)22(35-23)13-24(32)31-12-11-19-9-5-6-10-21(19)31/h2-10,16,22-23,25-26,33-34H,11-15,17H2,1H3/t22-,23-,25-,26+/m0/s1. The van der Waals surface area contributed by atoms with E-state index in [0.717, 1.165) is 29.9 Å². The minimum Gasteiger partial charge on any atom is -0.388 e. The fourth-order valence-electron chi connectivity index (χ4n) is 4.94. The Morgan fingerprint density at radius 2 is 1.80 bits per heavy atom. The van der Waals surface area contributed by atoms with Crippen molar-refractivity contribution in [2.45, 2.75) is 56.9 Å². The van der Waals surface area contributed by atoms with Crippen molar-refractivity contribution in [2.75, 3.05) is 18.5 Å². The van der Waals surface area contributed by atoms with Crippen molar-refractivity contribution in [1.29, 1.82) is 0 Å². The molecule has 2 aliphatic heterocycles. The molecule has 0 saturated carbocycles. The first-order chi connectivity index (χ1) is 17.0. The molecule has 1 amide bonds. The molecule has 2 aromatic carbocycles. The van der Waals surface area contributed by atoms with E-state index >= 15 is 0 Å². The van der Waals surface area contributed by atoms with Gasteiger partial charge in [0, 0.05) is 31.5 Å². The molecule has 1 saturated heterocycles. The second kappa shape index (κ2) is 10.2. The Balaban J connectivity index is 1.15. The summed E-state index contributed by atoms with van der Waals surface area (Å²) in [6, 6.07) is 18.0. The lowest BCUT2D eigenvalue weighted by Gasteiger charge is -2.21. The molecule has 5 rings (SSSR count). The number of ether oxygens (including phenoxy) is 1. The van der Waals surface area contributed by atoms with Crippen molar-refractivity contribution in [3.8, 4) is 0 Å².